The van der Waals surface area contributed by atoms with E-state index in [1.54, 1.807) is 0 Å². The van der Waals surface area contributed by atoms with Crippen LogP contribution in [0.1, 0.15) is 71.6 Å². The number of aliphatic hydroxyl groups excluding tert-OH is 2. The molecule has 6 atom stereocenters. The van der Waals surface area contributed by atoms with E-state index < -0.39 is 12.2 Å². The standard InChI is InChI=1S/C27H38O3/c1-17(6-13-25(29)20-8-9-20)23-11-12-24-19(5-4-14-27(23,24)3)7-10-21-15-22(28)16-26(30)18(21)2/h6-7,10,13,17,20,22-24,26,28,30H,2,4-5,8-9,11-12,14-16H2,1,3H3/b13-6+,19-7+,21-10+/t17-,22-,23-,24+,26+,27-/m1/s1. The van der Waals surface area contributed by atoms with Crippen LogP contribution in [0.4, 0.5) is 0 Å². The van der Waals surface area contributed by atoms with Gasteiger partial charge in [-0.25, -0.2) is 0 Å². The van der Waals surface area contributed by atoms with E-state index in [-0.39, 0.29) is 5.41 Å². The Morgan fingerprint density at radius 1 is 1.20 bits per heavy atom. The van der Waals surface area contributed by atoms with Crippen LogP contribution in [0.25, 0.3) is 0 Å². The molecule has 0 aromatic carbocycles. The first-order valence-corrected chi connectivity index (χ1v) is 12.0. The number of aliphatic hydroxyl groups is 2. The lowest BCUT2D eigenvalue weighted by Crippen LogP contribution is -2.35. The van der Waals surface area contributed by atoms with Gasteiger partial charge in [0.2, 0.25) is 0 Å². The molecule has 0 amide bonds. The van der Waals surface area contributed by atoms with Gasteiger partial charge in [0.15, 0.2) is 5.78 Å². The van der Waals surface area contributed by atoms with Crippen LogP contribution >= 0.6 is 0 Å². The topological polar surface area (TPSA) is 57.5 Å². The van der Waals surface area contributed by atoms with E-state index >= 15 is 0 Å². The molecule has 4 aliphatic carbocycles. The fourth-order valence-electron chi connectivity index (χ4n) is 6.49. The Bertz CT molecular complexity index is 784. The van der Waals surface area contributed by atoms with Crippen LogP contribution in [-0.4, -0.2) is 28.2 Å². The van der Waals surface area contributed by atoms with Crippen LogP contribution in [0.15, 0.2) is 47.6 Å². The predicted octanol–water partition coefficient (Wildman–Crippen LogP) is 5.30. The smallest absolute Gasteiger partial charge is 0.158 e. The maximum absolute atomic E-state index is 12.1. The fraction of sp³-hybridized carbons (Fsp3) is 0.667. The van der Waals surface area contributed by atoms with Gasteiger partial charge in [-0.3, -0.25) is 4.79 Å². The van der Waals surface area contributed by atoms with Crippen molar-refractivity contribution in [1.82, 2.24) is 0 Å². The molecule has 30 heavy (non-hydrogen) atoms. The fourth-order valence-corrected chi connectivity index (χ4v) is 6.49. The van der Waals surface area contributed by atoms with E-state index in [1.165, 1.54) is 31.3 Å². The summed E-state index contributed by atoms with van der Waals surface area (Å²) in [7, 11) is 0. The third-order valence-corrected chi connectivity index (χ3v) is 8.48. The van der Waals surface area contributed by atoms with Gasteiger partial charge in [-0.05, 0) is 91.8 Å². The van der Waals surface area contributed by atoms with Gasteiger partial charge in [0, 0.05) is 12.3 Å². The zero-order valence-corrected chi connectivity index (χ0v) is 18.6. The zero-order valence-electron chi connectivity index (χ0n) is 18.6. The number of hydrogen-bond donors (Lipinski definition) is 2. The number of ketones is 1. The first-order chi connectivity index (χ1) is 14.3. The highest BCUT2D eigenvalue weighted by Gasteiger charge is 2.50. The summed E-state index contributed by atoms with van der Waals surface area (Å²) in [6.07, 6.45) is 16.5. The quantitative estimate of drug-likeness (QED) is 0.605. The van der Waals surface area contributed by atoms with Crippen molar-refractivity contribution in [2.24, 2.45) is 29.1 Å². The molecule has 2 N–H and O–H groups in total. The molecule has 0 bridgehead atoms. The van der Waals surface area contributed by atoms with Crippen molar-refractivity contribution in [3.05, 3.63) is 47.6 Å². The van der Waals surface area contributed by atoms with E-state index in [0.717, 1.165) is 30.4 Å². The van der Waals surface area contributed by atoms with Crippen molar-refractivity contribution in [1.29, 1.82) is 0 Å². The minimum Gasteiger partial charge on any atom is -0.393 e. The van der Waals surface area contributed by atoms with Gasteiger partial charge in [-0.1, -0.05) is 44.2 Å². The Kier molecular flexibility index (Phi) is 6.23. The highest BCUT2D eigenvalue weighted by molar-refractivity contribution is 5.93. The van der Waals surface area contributed by atoms with E-state index in [2.05, 4.69) is 38.7 Å². The van der Waals surface area contributed by atoms with Crippen molar-refractivity contribution in [3.8, 4) is 0 Å². The number of carbonyl (C=O) groups excluding carboxylic acids is 1. The van der Waals surface area contributed by atoms with Gasteiger partial charge in [-0.2, -0.15) is 0 Å². The van der Waals surface area contributed by atoms with E-state index in [0.29, 0.717) is 42.3 Å². The molecule has 4 rings (SSSR count). The molecule has 4 saturated carbocycles. The van der Waals surface area contributed by atoms with Crippen molar-refractivity contribution >= 4 is 5.78 Å². The molecule has 164 valence electrons. The molecule has 0 aromatic heterocycles. The number of fused-ring (bicyclic) bond motifs is 1. The second-order valence-corrected chi connectivity index (χ2v) is 10.6. The molecule has 0 spiro atoms. The monoisotopic (exact) mass is 410 g/mol. The first kappa shape index (κ1) is 21.8. The third kappa shape index (κ3) is 4.29. The lowest BCUT2D eigenvalue weighted by molar-refractivity contribution is -0.115. The summed E-state index contributed by atoms with van der Waals surface area (Å²) in [5.74, 6) is 2.28. The highest BCUT2D eigenvalue weighted by atomic mass is 16.3. The van der Waals surface area contributed by atoms with Gasteiger partial charge >= 0.3 is 0 Å². The third-order valence-electron chi connectivity index (χ3n) is 8.48. The highest BCUT2D eigenvalue weighted by Crippen LogP contribution is 2.59. The number of hydrogen-bond acceptors (Lipinski definition) is 3. The maximum Gasteiger partial charge on any atom is 0.158 e. The van der Waals surface area contributed by atoms with E-state index in [1.807, 2.05) is 6.08 Å². The Labute approximate surface area is 181 Å². The van der Waals surface area contributed by atoms with E-state index in [4.69, 9.17) is 0 Å². The summed E-state index contributed by atoms with van der Waals surface area (Å²) in [6, 6.07) is 0. The summed E-state index contributed by atoms with van der Waals surface area (Å²) in [6.45, 7) is 8.81. The van der Waals surface area contributed by atoms with Crippen LogP contribution in [0.2, 0.25) is 0 Å². The van der Waals surface area contributed by atoms with Crippen LogP contribution in [0, 0.1) is 29.1 Å². The predicted molar refractivity (Wildman–Crippen MR) is 121 cm³/mol. The molecule has 0 heterocycles. The minimum absolute atomic E-state index is 0.289. The number of allylic oxidation sites excluding steroid dienone is 5. The van der Waals surface area contributed by atoms with Gasteiger partial charge in [0.25, 0.3) is 0 Å². The van der Waals surface area contributed by atoms with Gasteiger partial charge in [0.05, 0.1) is 12.2 Å². The van der Waals surface area contributed by atoms with Crippen molar-refractivity contribution in [3.63, 3.8) is 0 Å². The van der Waals surface area contributed by atoms with Crippen molar-refractivity contribution < 1.29 is 15.0 Å². The Hall–Kier alpha value is -1.45. The van der Waals surface area contributed by atoms with Crippen LogP contribution in [-0.2, 0) is 4.79 Å². The normalized spacial score (nSPS) is 40.9. The molecule has 3 heteroatoms. The molecule has 0 saturated heterocycles. The Morgan fingerprint density at radius 2 is 1.97 bits per heavy atom. The SMILES string of the molecule is C=C1/C(=C/C=C2\CCC[C@]3(C)[C@@H]([C@H](C)/C=C/C(=O)C4CC4)CC[C@@H]23)C[C@@H](O)C[C@@H]1O. The van der Waals surface area contributed by atoms with Crippen LogP contribution < -0.4 is 0 Å². The molecular formula is C27H38O3. The van der Waals surface area contributed by atoms with Gasteiger partial charge < -0.3 is 10.2 Å². The zero-order chi connectivity index (χ0) is 21.5. The summed E-state index contributed by atoms with van der Waals surface area (Å²) in [5, 5.41) is 20.1. The van der Waals surface area contributed by atoms with Gasteiger partial charge in [0.1, 0.15) is 0 Å². The Balaban J connectivity index is 1.49. The minimum atomic E-state index is -0.628. The average molecular weight is 411 g/mol. The summed E-state index contributed by atoms with van der Waals surface area (Å²) >= 11 is 0. The maximum atomic E-state index is 12.1. The number of rotatable bonds is 5. The molecule has 0 aliphatic heterocycles. The van der Waals surface area contributed by atoms with Crippen LogP contribution in [0.3, 0.4) is 0 Å². The first-order valence-electron chi connectivity index (χ1n) is 12.0. The molecule has 0 radical (unpaired) electrons. The Morgan fingerprint density at radius 3 is 2.70 bits per heavy atom. The van der Waals surface area contributed by atoms with Crippen molar-refractivity contribution in [2.75, 3.05) is 0 Å². The van der Waals surface area contributed by atoms with Gasteiger partial charge in [-0.15, -0.1) is 0 Å². The lowest BCUT2D eigenvalue weighted by Gasteiger charge is -2.44. The molecule has 4 aliphatic rings. The number of carbonyl (C=O) groups is 1. The molecule has 0 aromatic rings. The average Bonchev–Trinajstić information content (AvgIpc) is 3.49. The second kappa shape index (κ2) is 8.59. The van der Waals surface area contributed by atoms with E-state index in [9.17, 15) is 15.0 Å². The molecular weight excluding hydrogens is 372 g/mol. The largest absolute Gasteiger partial charge is 0.393 e. The second-order valence-electron chi connectivity index (χ2n) is 10.6. The molecule has 4 fully saturated rings. The van der Waals surface area contributed by atoms with Crippen LogP contribution in [0.5, 0.6) is 0 Å². The summed E-state index contributed by atoms with van der Waals surface area (Å²) in [4.78, 5) is 12.1. The summed E-state index contributed by atoms with van der Waals surface area (Å²) < 4.78 is 0. The molecule has 3 nitrogen and oxygen atoms in total. The summed E-state index contributed by atoms with van der Waals surface area (Å²) in [5.41, 5.74) is 3.56. The lowest BCUT2D eigenvalue weighted by atomic mass is 9.61. The van der Waals surface area contributed by atoms with Crippen molar-refractivity contribution in [2.45, 2.75) is 83.8 Å². The molecule has 0 unspecified atom stereocenters.